The summed E-state index contributed by atoms with van der Waals surface area (Å²) in [5, 5.41) is 10.5. The minimum absolute atomic E-state index is 0. The lowest BCUT2D eigenvalue weighted by Crippen LogP contribution is -2.44. The van der Waals surface area contributed by atoms with Gasteiger partial charge in [-0.05, 0) is 18.9 Å². The van der Waals surface area contributed by atoms with Gasteiger partial charge in [0.05, 0.1) is 6.04 Å². The summed E-state index contributed by atoms with van der Waals surface area (Å²) >= 11 is 0. The van der Waals surface area contributed by atoms with Gasteiger partial charge in [0.25, 0.3) is 0 Å². The molecule has 2 heterocycles. The predicted octanol–water partition coefficient (Wildman–Crippen LogP) is 1.93. The van der Waals surface area contributed by atoms with Crippen molar-refractivity contribution in [2.24, 2.45) is 11.8 Å². The highest BCUT2D eigenvalue weighted by atomic mass is 35.5. The number of nitrogens with one attached hydrogen (secondary N) is 2. The number of carbonyl (C=O) groups is 1. The molecule has 1 aliphatic heterocycles. The van der Waals surface area contributed by atoms with Crippen molar-refractivity contribution in [2.45, 2.75) is 46.2 Å². The fourth-order valence-electron chi connectivity index (χ4n) is 2.72. The van der Waals surface area contributed by atoms with Gasteiger partial charge in [-0.25, -0.2) is 0 Å². The van der Waals surface area contributed by atoms with Gasteiger partial charge in [0.2, 0.25) is 11.8 Å². The molecule has 0 aromatic carbocycles. The smallest absolute Gasteiger partial charge is 0.249 e. The molecule has 138 valence electrons. The fraction of sp³-hybridized carbons (Fsp3) is 0.812. The molecule has 0 bridgehead atoms. The third kappa shape index (κ3) is 5.43. The molecule has 1 amide bonds. The van der Waals surface area contributed by atoms with E-state index in [-0.39, 0.29) is 36.3 Å². The number of halogens is 1. The summed E-state index contributed by atoms with van der Waals surface area (Å²) in [7, 11) is 2.06. The van der Waals surface area contributed by atoms with Crippen LogP contribution in [0.3, 0.4) is 0 Å². The topological polar surface area (TPSA) is 83.3 Å². The van der Waals surface area contributed by atoms with Crippen molar-refractivity contribution in [3.8, 4) is 0 Å². The minimum Gasteiger partial charge on any atom is -0.344 e. The lowest BCUT2D eigenvalue weighted by atomic mass is 10.0. The van der Waals surface area contributed by atoms with E-state index in [9.17, 15) is 4.79 Å². The molecule has 1 saturated heterocycles. The van der Waals surface area contributed by atoms with E-state index in [1.54, 1.807) is 0 Å². The SMILES string of the molecule is CC(C)CC(=O)NC(c1nc(C2CNCCN2C)no1)C(C)C.Cl. The van der Waals surface area contributed by atoms with Gasteiger partial charge in [0, 0.05) is 26.1 Å². The molecule has 1 aliphatic rings. The van der Waals surface area contributed by atoms with Crippen LogP contribution < -0.4 is 10.6 Å². The third-order valence-electron chi connectivity index (χ3n) is 4.11. The number of carbonyl (C=O) groups excluding carboxylic acids is 1. The lowest BCUT2D eigenvalue weighted by Gasteiger charge is -2.30. The van der Waals surface area contributed by atoms with Crippen LogP contribution in [-0.4, -0.2) is 47.6 Å². The molecule has 1 aromatic rings. The first kappa shape index (κ1) is 20.9. The van der Waals surface area contributed by atoms with Gasteiger partial charge in [-0.3, -0.25) is 9.69 Å². The first-order chi connectivity index (χ1) is 10.9. The monoisotopic (exact) mass is 359 g/mol. The van der Waals surface area contributed by atoms with Crippen molar-refractivity contribution in [1.29, 1.82) is 0 Å². The van der Waals surface area contributed by atoms with Crippen molar-refractivity contribution >= 4 is 18.3 Å². The maximum absolute atomic E-state index is 12.1. The second kappa shape index (κ2) is 9.34. The molecule has 0 radical (unpaired) electrons. The minimum atomic E-state index is -0.246. The van der Waals surface area contributed by atoms with Crippen LogP contribution in [0.1, 0.15) is 57.9 Å². The first-order valence-electron chi connectivity index (χ1n) is 8.42. The molecular weight excluding hydrogens is 330 g/mol. The van der Waals surface area contributed by atoms with E-state index in [4.69, 9.17) is 4.52 Å². The number of rotatable bonds is 6. The Balaban J connectivity index is 0.00000288. The summed E-state index contributed by atoms with van der Waals surface area (Å²) < 4.78 is 5.47. The third-order valence-corrected chi connectivity index (χ3v) is 4.11. The Morgan fingerprint density at radius 1 is 1.42 bits per heavy atom. The second-order valence-electron chi connectivity index (χ2n) is 7.08. The number of aromatic nitrogens is 2. The summed E-state index contributed by atoms with van der Waals surface area (Å²) in [4.78, 5) is 18.9. The first-order valence-corrected chi connectivity index (χ1v) is 8.42. The molecule has 8 heteroatoms. The van der Waals surface area contributed by atoms with Crippen LogP contribution in [0, 0.1) is 11.8 Å². The summed E-state index contributed by atoms with van der Waals surface area (Å²) in [6.07, 6.45) is 0.500. The van der Waals surface area contributed by atoms with Crippen molar-refractivity contribution in [3.05, 3.63) is 11.7 Å². The zero-order valence-corrected chi connectivity index (χ0v) is 16.0. The maximum atomic E-state index is 12.1. The summed E-state index contributed by atoms with van der Waals surface area (Å²) in [5.41, 5.74) is 0. The van der Waals surface area contributed by atoms with E-state index in [0.29, 0.717) is 24.1 Å². The van der Waals surface area contributed by atoms with Crippen LogP contribution in [0.15, 0.2) is 4.52 Å². The van der Waals surface area contributed by atoms with Crippen LogP contribution in [0.25, 0.3) is 0 Å². The molecule has 2 N–H and O–H groups in total. The molecule has 1 aromatic heterocycles. The van der Waals surface area contributed by atoms with Gasteiger partial charge in [0.1, 0.15) is 6.04 Å². The predicted molar refractivity (Wildman–Crippen MR) is 95.0 cm³/mol. The second-order valence-corrected chi connectivity index (χ2v) is 7.08. The normalized spacial score (nSPS) is 20.0. The molecular formula is C16H30ClN5O2. The van der Waals surface area contributed by atoms with Crippen LogP contribution in [0.5, 0.6) is 0 Å². The Morgan fingerprint density at radius 2 is 2.12 bits per heavy atom. The zero-order valence-electron chi connectivity index (χ0n) is 15.2. The van der Waals surface area contributed by atoms with Gasteiger partial charge in [-0.2, -0.15) is 4.98 Å². The Morgan fingerprint density at radius 3 is 2.71 bits per heavy atom. The van der Waals surface area contributed by atoms with Gasteiger partial charge < -0.3 is 15.2 Å². The fourth-order valence-corrected chi connectivity index (χ4v) is 2.72. The number of hydrogen-bond acceptors (Lipinski definition) is 6. The largest absolute Gasteiger partial charge is 0.344 e. The number of hydrogen-bond donors (Lipinski definition) is 2. The molecule has 2 unspecified atom stereocenters. The summed E-state index contributed by atoms with van der Waals surface area (Å²) in [6, 6.07) is -0.134. The Hall–Kier alpha value is -1.18. The van der Waals surface area contributed by atoms with Gasteiger partial charge in [0.15, 0.2) is 5.82 Å². The number of nitrogens with zero attached hydrogens (tertiary/aromatic N) is 3. The highest BCUT2D eigenvalue weighted by Gasteiger charge is 2.29. The van der Waals surface area contributed by atoms with E-state index >= 15 is 0 Å². The van der Waals surface area contributed by atoms with Crippen LogP contribution in [-0.2, 0) is 4.79 Å². The Kier molecular flexibility index (Phi) is 8.12. The molecule has 2 atom stereocenters. The zero-order chi connectivity index (χ0) is 17.0. The van der Waals surface area contributed by atoms with Crippen LogP contribution in [0.2, 0.25) is 0 Å². The van der Waals surface area contributed by atoms with Crippen molar-refractivity contribution in [2.75, 3.05) is 26.7 Å². The van der Waals surface area contributed by atoms with Gasteiger partial charge >= 0.3 is 0 Å². The molecule has 7 nitrogen and oxygen atoms in total. The maximum Gasteiger partial charge on any atom is 0.249 e. The molecule has 2 rings (SSSR count). The number of piperazine rings is 1. The molecule has 24 heavy (non-hydrogen) atoms. The van der Waals surface area contributed by atoms with Crippen molar-refractivity contribution < 1.29 is 9.32 Å². The number of likely N-dealkylation sites (N-methyl/N-ethyl adjacent to an activating group) is 1. The summed E-state index contributed by atoms with van der Waals surface area (Å²) in [5.74, 6) is 1.70. The lowest BCUT2D eigenvalue weighted by molar-refractivity contribution is -0.123. The Bertz CT molecular complexity index is 520. The van der Waals surface area contributed by atoms with E-state index < -0.39 is 0 Å². The highest BCUT2D eigenvalue weighted by Crippen LogP contribution is 2.24. The van der Waals surface area contributed by atoms with E-state index in [2.05, 4.69) is 32.7 Å². The summed E-state index contributed by atoms with van der Waals surface area (Å²) in [6.45, 7) is 10.9. The van der Waals surface area contributed by atoms with E-state index in [1.807, 2.05) is 27.7 Å². The van der Waals surface area contributed by atoms with E-state index in [0.717, 1.165) is 19.6 Å². The molecule has 0 aliphatic carbocycles. The number of amides is 1. The van der Waals surface area contributed by atoms with Crippen LogP contribution >= 0.6 is 12.4 Å². The van der Waals surface area contributed by atoms with Crippen molar-refractivity contribution in [1.82, 2.24) is 25.7 Å². The molecule has 1 fully saturated rings. The van der Waals surface area contributed by atoms with E-state index in [1.165, 1.54) is 0 Å². The average molecular weight is 360 g/mol. The van der Waals surface area contributed by atoms with Crippen molar-refractivity contribution in [3.63, 3.8) is 0 Å². The van der Waals surface area contributed by atoms with Gasteiger partial charge in [-0.15, -0.1) is 12.4 Å². The Labute approximate surface area is 150 Å². The highest BCUT2D eigenvalue weighted by molar-refractivity contribution is 5.85. The molecule has 0 spiro atoms. The average Bonchev–Trinajstić information content (AvgIpc) is 2.93. The standard InChI is InChI=1S/C16H29N5O2.ClH/c1-10(2)8-13(22)18-14(11(3)4)16-19-15(20-23-16)12-9-17-6-7-21(12)5;/h10-12,14,17H,6-9H2,1-5H3,(H,18,22);1H. The van der Waals surface area contributed by atoms with Crippen LogP contribution in [0.4, 0.5) is 0 Å². The molecule has 0 saturated carbocycles. The van der Waals surface area contributed by atoms with Gasteiger partial charge in [-0.1, -0.05) is 32.9 Å². The quantitative estimate of drug-likeness (QED) is 0.807.